The number of carbonyl (C=O) groups excluding carboxylic acids is 1. The average Bonchev–Trinajstić information content (AvgIpc) is 3.22. The minimum Gasteiger partial charge on any atom is -0.348 e. The second kappa shape index (κ2) is 8.68. The maximum Gasteiger partial charge on any atom is 0.416 e. The number of aromatic nitrogens is 2. The van der Waals surface area contributed by atoms with Crippen LogP contribution in [0.25, 0.3) is 16.8 Å². The molecule has 0 unspecified atom stereocenters. The van der Waals surface area contributed by atoms with Gasteiger partial charge in [0.15, 0.2) is 0 Å². The second-order valence-corrected chi connectivity index (χ2v) is 7.27. The van der Waals surface area contributed by atoms with Gasteiger partial charge in [0.2, 0.25) is 0 Å². The molecule has 0 saturated heterocycles. The summed E-state index contributed by atoms with van der Waals surface area (Å²) in [6, 6.07) is 7.14. The SMILES string of the molecule is CC[C@@H](C)NC(=O)c1cncn1-c1ccc(-c2cc(C(F)(F)F)cc(C(F)(F)F)c2)cc1. The summed E-state index contributed by atoms with van der Waals surface area (Å²) >= 11 is 0. The first-order valence-electron chi connectivity index (χ1n) is 9.63. The maximum absolute atomic E-state index is 13.1. The Morgan fingerprint density at radius 3 is 2.03 bits per heavy atom. The fourth-order valence-electron chi connectivity index (χ4n) is 3.00. The van der Waals surface area contributed by atoms with Crippen molar-refractivity contribution >= 4 is 5.91 Å². The van der Waals surface area contributed by atoms with Crippen LogP contribution in [-0.2, 0) is 12.4 Å². The third-order valence-corrected chi connectivity index (χ3v) is 4.93. The summed E-state index contributed by atoms with van der Waals surface area (Å²) in [6.45, 7) is 3.76. The number of carbonyl (C=O) groups is 1. The van der Waals surface area contributed by atoms with Gasteiger partial charge in [-0.3, -0.25) is 9.36 Å². The number of alkyl halides is 6. The van der Waals surface area contributed by atoms with Crippen molar-refractivity contribution in [2.75, 3.05) is 0 Å². The van der Waals surface area contributed by atoms with Gasteiger partial charge in [-0.2, -0.15) is 26.3 Å². The minimum absolute atomic E-state index is 0.0584. The first-order valence-corrected chi connectivity index (χ1v) is 9.63. The van der Waals surface area contributed by atoms with E-state index in [1.165, 1.54) is 41.4 Å². The Morgan fingerprint density at radius 2 is 1.53 bits per heavy atom. The maximum atomic E-state index is 13.1. The number of amides is 1. The molecule has 0 bridgehead atoms. The molecule has 0 spiro atoms. The van der Waals surface area contributed by atoms with Crippen LogP contribution in [0.5, 0.6) is 0 Å². The lowest BCUT2D eigenvalue weighted by Gasteiger charge is -2.15. The van der Waals surface area contributed by atoms with Crippen LogP contribution in [0, 0.1) is 0 Å². The summed E-state index contributed by atoms with van der Waals surface area (Å²) in [4.78, 5) is 16.4. The summed E-state index contributed by atoms with van der Waals surface area (Å²) in [6.07, 6.45) is -6.36. The number of nitrogens with zero attached hydrogens (tertiary/aromatic N) is 2. The molecule has 4 nitrogen and oxygen atoms in total. The lowest BCUT2D eigenvalue weighted by atomic mass is 9.99. The van der Waals surface area contributed by atoms with Gasteiger partial charge >= 0.3 is 12.4 Å². The van der Waals surface area contributed by atoms with E-state index >= 15 is 0 Å². The van der Waals surface area contributed by atoms with E-state index in [0.717, 1.165) is 6.42 Å². The van der Waals surface area contributed by atoms with Crippen LogP contribution in [0.15, 0.2) is 55.0 Å². The molecule has 1 atom stereocenters. The summed E-state index contributed by atoms with van der Waals surface area (Å²) in [5.74, 6) is -0.353. The third-order valence-electron chi connectivity index (χ3n) is 4.93. The molecule has 0 aliphatic heterocycles. The molecule has 1 aromatic heterocycles. The van der Waals surface area contributed by atoms with E-state index in [1.807, 2.05) is 13.8 Å². The van der Waals surface area contributed by atoms with Crippen LogP contribution in [-0.4, -0.2) is 21.5 Å². The van der Waals surface area contributed by atoms with E-state index in [-0.39, 0.29) is 34.8 Å². The van der Waals surface area contributed by atoms with Gasteiger partial charge in [0.25, 0.3) is 5.91 Å². The molecule has 0 saturated carbocycles. The van der Waals surface area contributed by atoms with E-state index in [4.69, 9.17) is 0 Å². The van der Waals surface area contributed by atoms with E-state index in [0.29, 0.717) is 17.8 Å². The smallest absolute Gasteiger partial charge is 0.348 e. The molecule has 1 heterocycles. The third kappa shape index (κ3) is 5.12. The molecule has 3 rings (SSSR count). The van der Waals surface area contributed by atoms with Gasteiger partial charge in [-0.05, 0) is 54.8 Å². The summed E-state index contributed by atoms with van der Waals surface area (Å²) < 4.78 is 80.2. The van der Waals surface area contributed by atoms with Gasteiger partial charge in [0.1, 0.15) is 5.69 Å². The number of imidazole rings is 1. The summed E-state index contributed by atoms with van der Waals surface area (Å²) in [7, 11) is 0. The number of halogens is 6. The first-order chi connectivity index (χ1) is 14.9. The number of rotatable bonds is 5. The molecule has 0 aliphatic carbocycles. The summed E-state index contributed by atoms with van der Waals surface area (Å²) in [5, 5.41) is 2.81. The average molecular weight is 455 g/mol. The van der Waals surface area contributed by atoms with Crippen molar-refractivity contribution in [3.05, 3.63) is 71.8 Å². The van der Waals surface area contributed by atoms with Crippen LogP contribution in [0.3, 0.4) is 0 Å². The molecule has 1 amide bonds. The quantitative estimate of drug-likeness (QED) is 0.472. The highest BCUT2D eigenvalue weighted by Crippen LogP contribution is 2.38. The first kappa shape index (κ1) is 23.4. The Morgan fingerprint density at radius 1 is 0.969 bits per heavy atom. The normalized spacial score (nSPS) is 13.1. The van der Waals surface area contributed by atoms with Crippen LogP contribution in [0.2, 0.25) is 0 Å². The zero-order chi connectivity index (χ0) is 23.7. The van der Waals surface area contributed by atoms with E-state index in [1.54, 1.807) is 0 Å². The highest BCUT2D eigenvalue weighted by Gasteiger charge is 2.37. The Balaban J connectivity index is 1.97. The number of nitrogens with one attached hydrogen (secondary N) is 1. The molecule has 3 aromatic rings. The monoisotopic (exact) mass is 455 g/mol. The lowest BCUT2D eigenvalue weighted by molar-refractivity contribution is -0.143. The number of hydrogen-bond acceptors (Lipinski definition) is 2. The van der Waals surface area contributed by atoms with Crippen LogP contribution < -0.4 is 5.32 Å². The predicted octanol–water partition coefficient (Wildman–Crippen LogP) is 6.11. The van der Waals surface area contributed by atoms with Crippen LogP contribution in [0.1, 0.15) is 41.9 Å². The van der Waals surface area contributed by atoms with Gasteiger partial charge in [-0.1, -0.05) is 19.1 Å². The van der Waals surface area contributed by atoms with Gasteiger partial charge in [0.05, 0.1) is 23.7 Å². The van der Waals surface area contributed by atoms with Crippen molar-refractivity contribution in [2.45, 2.75) is 38.7 Å². The fourth-order valence-corrected chi connectivity index (χ4v) is 3.00. The van der Waals surface area contributed by atoms with Crippen LogP contribution in [0.4, 0.5) is 26.3 Å². The van der Waals surface area contributed by atoms with Gasteiger partial charge < -0.3 is 5.32 Å². The van der Waals surface area contributed by atoms with E-state index in [9.17, 15) is 31.1 Å². The molecule has 0 radical (unpaired) electrons. The molecule has 1 N–H and O–H groups in total. The topological polar surface area (TPSA) is 46.9 Å². The Kier molecular flexibility index (Phi) is 6.34. The standard InChI is InChI=1S/C22H19F6N3O/c1-3-13(2)30-20(32)19-11-29-12-31(19)18-6-4-14(5-7-18)15-8-16(21(23,24)25)10-17(9-15)22(26,27)28/h4-13H,3H2,1-2H3,(H,30,32)/t13-/m1/s1. The van der Waals surface area contributed by atoms with Crippen molar-refractivity contribution in [1.29, 1.82) is 0 Å². The zero-order valence-electron chi connectivity index (χ0n) is 17.1. The molecular formula is C22H19F6N3O. The Hall–Kier alpha value is -3.30. The van der Waals surface area contributed by atoms with E-state index in [2.05, 4.69) is 10.3 Å². The van der Waals surface area contributed by atoms with Gasteiger partial charge in [-0.25, -0.2) is 4.98 Å². The molecule has 32 heavy (non-hydrogen) atoms. The van der Waals surface area contributed by atoms with Gasteiger partial charge in [-0.15, -0.1) is 0 Å². The summed E-state index contributed by atoms with van der Waals surface area (Å²) in [5.41, 5.74) is -2.11. The van der Waals surface area contributed by atoms with Crippen molar-refractivity contribution < 1.29 is 31.1 Å². The zero-order valence-corrected chi connectivity index (χ0v) is 17.1. The minimum atomic E-state index is -4.93. The highest BCUT2D eigenvalue weighted by molar-refractivity contribution is 5.93. The fraction of sp³-hybridized carbons (Fsp3) is 0.273. The van der Waals surface area contributed by atoms with Crippen molar-refractivity contribution in [1.82, 2.24) is 14.9 Å². The Labute approximate surface area is 179 Å². The van der Waals surface area contributed by atoms with Crippen LogP contribution >= 0.6 is 0 Å². The van der Waals surface area contributed by atoms with E-state index < -0.39 is 23.5 Å². The van der Waals surface area contributed by atoms with Crippen molar-refractivity contribution in [3.63, 3.8) is 0 Å². The molecule has 0 fully saturated rings. The van der Waals surface area contributed by atoms with Crippen molar-refractivity contribution in [3.8, 4) is 16.8 Å². The number of benzene rings is 2. The molecule has 2 aromatic carbocycles. The van der Waals surface area contributed by atoms with Gasteiger partial charge in [0, 0.05) is 11.7 Å². The molecule has 10 heteroatoms. The van der Waals surface area contributed by atoms with Crippen molar-refractivity contribution in [2.24, 2.45) is 0 Å². The molecular weight excluding hydrogens is 436 g/mol. The molecule has 0 aliphatic rings. The second-order valence-electron chi connectivity index (χ2n) is 7.27. The largest absolute Gasteiger partial charge is 0.416 e. The molecule has 170 valence electrons. The number of hydrogen-bond donors (Lipinski definition) is 1. The Bertz CT molecular complexity index is 1070. The predicted molar refractivity (Wildman–Crippen MR) is 106 cm³/mol. The highest BCUT2D eigenvalue weighted by atomic mass is 19.4. The lowest BCUT2D eigenvalue weighted by Crippen LogP contribution is -2.33.